The average molecular weight is 408 g/mol. The molecule has 3 aromatic rings. The number of H-pyrrole nitrogens is 1. The Labute approximate surface area is 174 Å². The van der Waals surface area contributed by atoms with Crippen LogP contribution in [0.5, 0.6) is 0 Å². The van der Waals surface area contributed by atoms with E-state index < -0.39 is 11.7 Å². The number of carbonyl (C=O) groups is 2. The van der Waals surface area contributed by atoms with Crippen molar-refractivity contribution in [2.24, 2.45) is 0 Å². The molecule has 0 aliphatic heterocycles. The quantitative estimate of drug-likeness (QED) is 0.672. The number of pyridine rings is 1. The molecule has 2 aromatic heterocycles. The topological polar surface area (TPSA) is 78.1 Å². The maximum Gasteiger partial charge on any atom is 0.275 e. The summed E-state index contributed by atoms with van der Waals surface area (Å²) in [6, 6.07) is 9.11. The van der Waals surface area contributed by atoms with Crippen LogP contribution >= 0.6 is 0 Å². The van der Waals surface area contributed by atoms with Crippen LogP contribution < -0.4 is 5.32 Å². The Bertz CT molecular complexity index is 1090. The van der Waals surface area contributed by atoms with E-state index >= 15 is 0 Å². The number of carbonyl (C=O) groups excluding carboxylic acids is 2. The number of rotatable bonds is 5. The summed E-state index contributed by atoms with van der Waals surface area (Å²) < 4.78 is 14.8. The summed E-state index contributed by atoms with van der Waals surface area (Å²) in [6.45, 7) is 1.81. The Kier molecular flexibility index (Phi) is 5.53. The van der Waals surface area contributed by atoms with E-state index in [1.807, 2.05) is 37.4 Å². The van der Waals surface area contributed by atoms with E-state index in [9.17, 15) is 14.0 Å². The van der Waals surface area contributed by atoms with Crippen molar-refractivity contribution >= 4 is 22.7 Å². The third-order valence-corrected chi connectivity index (χ3v) is 5.89. The molecule has 1 fully saturated rings. The fourth-order valence-corrected chi connectivity index (χ4v) is 4.09. The summed E-state index contributed by atoms with van der Waals surface area (Å²) in [5.41, 5.74) is 2.29. The molecule has 1 aliphatic carbocycles. The zero-order chi connectivity index (χ0) is 21.3. The van der Waals surface area contributed by atoms with E-state index in [0.29, 0.717) is 18.4 Å². The molecule has 1 aliphatic rings. The van der Waals surface area contributed by atoms with E-state index in [1.165, 1.54) is 12.3 Å². The fraction of sp³-hybridized carbons (Fsp3) is 0.348. The molecule has 156 valence electrons. The lowest BCUT2D eigenvalue weighted by molar-refractivity contribution is -0.121. The number of nitrogens with one attached hydrogen (secondary N) is 2. The molecule has 2 N–H and O–H groups in total. The molecule has 2 amide bonds. The molecule has 0 radical (unpaired) electrons. The Morgan fingerprint density at radius 2 is 2.07 bits per heavy atom. The second-order valence-corrected chi connectivity index (χ2v) is 7.84. The zero-order valence-corrected chi connectivity index (χ0v) is 17.1. The molecule has 1 saturated carbocycles. The number of fused-ring (bicyclic) bond motifs is 1. The number of aromatic amines is 1. The van der Waals surface area contributed by atoms with Gasteiger partial charge in [0.2, 0.25) is 5.91 Å². The maximum absolute atomic E-state index is 14.8. The van der Waals surface area contributed by atoms with Crippen LogP contribution in [0.3, 0.4) is 0 Å². The second-order valence-electron chi connectivity index (χ2n) is 7.84. The molecule has 0 bridgehead atoms. The highest BCUT2D eigenvalue weighted by molar-refractivity contribution is 5.93. The minimum atomic E-state index is -0.632. The van der Waals surface area contributed by atoms with Gasteiger partial charge in [0.1, 0.15) is 0 Å². The normalized spacial score (nSPS) is 18.5. The van der Waals surface area contributed by atoms with Gasteiger partial charge < -0.3 is 15.2 Å². The van der Waals surface area contributed by atoms with Crippen molar-refractivity contribution < 1.29 is 14.0 Å². The van der Waals surface area contributed by atoms with Crippen molar-refractivity contribution in [3.63, 3.8) is 0 Å². The van der Waals surface area contributed by atoms with Gasteiger partial charge in [0.25, 0.3) is 5.91 Å². The third kappa shape index (κ3) is 3.92. The molecule has 30 heavy (non-hydrogen) atoms. The van der Waals surface area contributed by atoms with Crippen LogP contribution in [-0.2, 0) is 4.79 Å². The summed E-state index contributed by atoms with van der Waals surface area (Å²) in [7, 11) is 1.67. The summed E-state index contributed by atoms with van der Waals surface area (Å²) >= 11 is 0. The van der Waals surface area contributed by atoms with Gasteiger partial charge >= 0.3 is 0 Å². The molecule has 7 heteroatoms. The lowest BCUT2D eigenvalue weighted by Crippen LogP contribution is -2.39. The standard InChI is InChI=1S/C23H25FN4O2/c1-3-21(29)27-17-5-6-18(12-17)28(2)23(30)22-19(24)11-16(13-26-22)14-4-7-20-15(10-14)8-9-25-20/h4,7-11,13,17-18,25H,3,5-6,12H2,1-2H3,(H,27,29)/t17-,18+/m0/s1. The number of hydrogen-bond acceptors (Lipinski definition) is 3. The molecule has 4 rings (SSSR count). The maximum atomic E-state index is 14.8. The number of benzene rings is 1. The van der Waals surface area contributed by atoms with Gasteiger partial charge in [0.15, 0.2) is 11.5 Å². The molecule has 2 heterocycles. The van der Waals surface area contributed by atoms with Crippen molar-refractivity contribution in [3.8, 4) is 11.1 Å². The molecule has 0 spiro atoms. The minimum absolute atomic E-state index is 0.00996. The SMILES string of the molecule is CCC(=O)N[C@H]1CC[C@@H](N(C)C(=O)c2ncc(-c3ccc4[nH]ccc4c3)cc2F)C1. The van der Waals surface area contributed by atoms with Gasteiger partial charge in [0, 0.05) is 49.0 Å². The van der Waals surface area contributed by atoms with Crippen molar-refractivity contribution in [1.29, 1.82) is 0 Å². The van der Waals surface area contributed by atoms with E-state index in [4.69, 9.17) is 0 Å². The molecule has 0 saturated heterocycles. The number of amides is 2. The first-order chi connectivity index (χ1) is 14.5. The van der Waals surface area contributed by atoms with Crippen molar-refractivity contribution in [2.75, 3.05) is 7.05 Å². The lowest BCUT2D eigenvalue weighted by atomic mass is 10.0. The number of halogens is 1. The summed E-state index contributed by atoms with van der Waals surface area (Å²) in [5, 5.41) is 4.00. The molecular formula is C23H25FN4O2. The molecule has 0 unspecified atom stereocenters. The highest BCUT2D eigenvalue weighted by atomic mass is 19.1. The molecule has 6 nitrogen and oxygen atoms in total. The second kappa shape index (κ2) is 8.26. The minimum Gasteiger partial charge on any atom is -0.361 e. The average Bonchev–Trinajstić information content (AvgIpc) is 3.41. The van der Waals surface area contributed by atoms with Crippen LogP contribution in [0.25, 0.3) is 22.0 Å². The highest BCUT2D eigenvalue weighted by Crippen LogP contribution is 2.27. The van der Waals surface area contributed by atoms with E-state index in [-0.39, 0.29) is 23.7 Å². The van der Waals surface area contributed by atoms with Crippen LogP contribution in [0.1, 0.15) is 43.1 Å². The Balaban J connectivity index is 1.48. The first kappa shape index (κ1) is 20.1. The smallest absolute Gasteiger partial charge is 0.275 e. The number of nitrogens with zero attached hydrogens (tertiary/aromatic N) is 2. The van der Waals surface area contributed by atoms with Crippen molar-refractivity contribution in [3.05, 3.63) is 54.2 Å². The third-order valence-electron chi connectivity index (χ3n) is 5.89. The first-order valence-electron chi connectivity index (χ1n) is 10.3. The Morgan fingerprint density at radius 3 is 2.83 bits per heavy atom. The summed E-state index contributed by atoms with van der Waals surface area (Å²) in [5.74, 6) is -1.06. The number of hydrogen-bond donors (Lipinski definition) is 2. The number of aromatic nitrogens is 2. The lowest BCUT2D eigenvalue weighted by Gasteiger charge is -2.24. The monoisotopic (exact) mass is 408 g/mol. The fourth-order valence-electron chi connectivity index (χ4n) is 4.09. The van der Waals surface area contributed by atoms with Gasteiger partial charge in [0.05, 0.1) is 0 Å². The van der Waals surface area contributed by atoms with Gasteiger partial charge in [-0.1, -0.05) is 13.0 Å². The molecule has 1 aromatic carbocycles. The van der Waals surface area contributed by atoms with Crippen LogP contribution in [0.2, 0.25) is 0 Å². The van der Waals surface area contributed by atoms with Crippen molar-refractivity contribution in [1.82, 2.24) is 20.2 Å². The predicted molar refractivity (Wildman–Crippen MR) is 113 cm³/mol. The van der Waals surface area contributed by atoms with Gasteiger partial charge in [-0.05, 0) is 54.5 Å². The first-order valence-corrected chi connectivity index (χ1v) is 10.3. The van der Waals surface area contributed by atoms with E-state index in [1.54, 1.807) is 11.9 Å². The molecular weight excluding hydrogens is 383 g/mol. The van der Waals surface area contributed by atoms with E-state index in [0.717, 1.165) is 29.3 Å². The summed E-state index contributed by atoms with van der Waals surface area (Å²) in [4.78, 5) is 33.3. The summed E-state index contributed by atoms with van der Waals surface area (Å²) in [6.07, 6.45) is 6.08. The van der Waals surface area contributed by atoms with Crippen molar-refractivity contribution in [2.45, 2.75) is 44.7 Å². The van der Waals surface area contributed by atoms with Crippen LogP contribution in [0.15, 0.2) is 42.7 Å². The molecule has 2 atom stereocenters. The Morgan fingerprint density at radius 1 is 1.23 bits per heavy atom. The highest BCUT2D eigenvalue weighted by Gasteiger charge is 2.32. The van der Waals surface area contributed by atoms with Gasteiger partial charge in [-0.3, -0.25) is 9.59 Å². The van der Waals surface area contributed by atoms with Crippen LogP contribution in [0, 0.1) is 5.82 Å². The largest absolute Gasteiger partial charge is 0.361 e. The van der Waals surface area contributed by atoms with Gasteiger partial charge in [-0.15, -0.1) is 0 Å². The Hall–Kier alpha value is -3.22. The van der Waals surface area contributed by atoms with Crippen LogP contribution in [0.4, 0.5) is 4.39 Å². The van der Waals surface area contributed by atoms with Gasteiger partial charge in [-0.2, -0.15) is 0 Å². The van der Waals surface area contributed by atoms with Gasteiger partial charge in [-0.25, -0.2) is 9.37 Å². The predicted octanol–water partition coefficient (Wildman–Crippen LogP) is 3.89. The zero-order valence-electron chi connectivity index (χ0n) is 17.1. The van der Waals surface area contributed by atoms with Crippen LogP contribution in [-0.4, -0.2) is 45.8 Å². The van der Waals surface area contributed by atoms with E-state index in [2.05, 4.69) is 15.3 Å².